The lowest BCUT2D eigenvalue weighted by molar-refractivity contribution is -0.141. The third-order valence-corrected chi connectivity index (χ3v) is 5.00. The van der Waals surface area contributed by atoms with Crippen LogP contribution in [0.2, 0.25) is 0 Å². The largest absolute Gasteiger partial charge is 0.481 e. The van der Waals surface area contributed by atoms with Crippen molar-refractivity contribution >= 4 is 16.2 Å². The van der Waals surface area contributed by atoms with Crippen molar-refractivity contribution in [1.29, 1.82) is 0 Å². The molecule has 6 nitrogen and oxygen atoms in total. The highest BCUT2D eigenvalue weighted by Gasteiger charge is 2.36. The molecule has 0 aliphatic carbocycles. The van der Waals surface area contributed by atoms with Crippen molar-refractivity contribution in [2.24, 2.45) is 5.92 Å². The number of nitrogens with zero attached hydrogens (tertiary/aromatic N) is 2. The summed E-state index contributed by atoms with van der Waals surface area (Å²) in [5, 5.41) is 8.84. The van der Waals surface area contributed by atoms with E-state index in [2.05, 4.69) is 0 Å². The van der Waals surface area contributed by atoms with Gasteiger partial charge >= 0.3 is 5.97 Å². The van der Waals surface area contributed by atoms with Crippen LogP contribution < -0.4 is 0 Å². The van der Waals surface area contributed by atoms with Gasteiger partial charge in [0.25, 0.3) is 10.2 Å². The first-order valence-corrected chi connectivity index (χ1v) is 7.23. The molecule has 0 amide bonds. The summed E-state index contributed by atoms with van der Waals surface area (Å²) in [6.07, 6.45) is 2.14. The molecular formula is C10H20N2O4S. The number of aliphatic carboxylic acids is 1. The summed E-state index contributed by atoms with van der Waals surface area (Å²) in [6, 6.07) is 0. The first-order chi connectivity index (χ1) is 7.89. The molecule has 1 N–H and O–H groups in total. The van der Waals surface area contributed by atoms with Gasteiger partial charge in [-0.25, -0.2) is 0 Å². The molecule has 1 rings (SSSR count). The number of hydrogen-bond acceptors (Lipinski definition) is 3. The molecule has 17 heavy (non-hydrogen) atoms. The molecule has 1 aliphatic heterocycles. The van der Waals surface area contributed by atoms with Crippen LogP contribution >= 0.6 is 0 Å². The van der Waals surface area contributed by atoms with E-state index in [1.165, 1.54) is 8.61 Å². The summed E-state index contributed by atoms with van der Waals surface area (Å²) in [5.74, 6) is -1.48. The molecule has 0 saturated carbocycles. The lowest BCUT2D eigenvalue weighted by Crippen LogP contribution is -2.41. The topological polar surface area (TPSA) is 77.9 Å². The quantitative estimate of drug-likeness (QED) is 0.752. The van der Waals surface area contributed by atoms with Crippen LogP contribution in [0.1, 0.15) is 26.2 Å². The summed E-state index contributed by atoms with van der Waals surface area (Å²) < 4.78 is 26.7. The number of carboxylic acids is 1. The normalized spacial score (nSPS) is 22.2. The second-order valence-electron chi connectivity index (χ2n) is 4.36. The van der Waals surface area contributed by atoms with E-state index in [0.29, 0.717) is 19.5 Å². The highest BCUT2D eigenvalue weighted by molar-refractivity contribution is 7.86. The van der Waals surface area contributed by atoms with E-state index < -0.39 is 22.1 Å². The van der Waals surface area contributed by atoms with Gasteiger partial charge in [-0.15, -0.1) is 0 Å². The number of rotatable bonds is 6. The molecule has 1 unspecified atom stereocenters. The minimum atomic E-state index is -3.47. The number of carbonyl (C=O) groups is 1. The molecule has 1 saturated heterocycles. The number of hydrogen-bond donors (Lipinski definition) is 1. The SMILES string of the molecule is CCCCN(C)S(=O)(=O)N1CCC(C(=O)O)C1. The molecule has 0 aromatic carbocycles. The van der Waals surface area contributed by atoms with Crippen LogP contribution in [-0.4, -0.2) is 54.8 Å². The monoisotopic (exact) mass is 264 g/mol. The first-order valence-electron chi connectivity index (χ1n) is 5.83. The standard InChI is InChI=1S/C10H20N2O4S/c1-3-4-6-11(2)17(15,16)12-7-5-9(8-12)10(13)14/h9H,3-8H2,1-2H3,(H,13,14). The van der Waals surface area contributed by atoms with Crippen LogP contribution in [0.4, 0.5) is 0 Å². The Labute approximate surface area is 102 Å². The van der Waals surface area contributed by atoms with Crippen LogP contribution in [0.5, 0.6) is 0 Å². The maximum atomic E-state index is 12.1. The Morgan fingerprint density at radius 1 is 1.53 bits per heavy atom. The molecule has 0 aromatic heterocycles. The Kier molecular flexibility index (Phi) is 4.91. The van der Waals surface area contributed by atoms with Crippen molar-refractivity contribution < 1.29 is 18.3 Å². The average Bonchev–Trinajstić information content (AvgIpc) is 2.75. The van der Waals surface area contributed by atoms with E-state index in [9.17, 15) is 13.2 Å². The Morgan fingerprint density at radius 3 is 2.65 bits per heavy atom. The zero-order valence-electron chi connectivity index (χ0n) is 10.3. The van der Waals surface area contributed by atoms with Gasteiger partial charge < -0.3 is 5.11 Å². The van der Waals surface area contributed by atoms with Crippen molar-refractivity contribution in [2.75, 3.05) is 26.7 Å². The molecule has 100 valence electrons. The number of carboxylic acid groups (broad SMARTS) is 1. The maximum absolute atomic E-state index is 12.1. The van der Waals surface area contributed by atoms with Crippen LogP contribution in [0, 0.1) is 5.92 Å². The van der Waals surface area contributed by atoms with E-state index in [-0.39, 0.29) is 6.54 Å². The number of unbranched alkanes of at least 4 members (excludes halogenated alkanes) is 1. The predicted molar refractivity (Wildman–Crippen MR) is 63.8 cm³/mol. The Balaban J connectivity index is 2.63. The Hall–Kier alpha value is -0.660. The summed E-state index contributed by atoms with van der Waals surface area (Å²) >= 11 is 0. The van der Waals surface area contributed by atoms with Gasteiger partial charge in [0.1, 0.15) is 0 Å². The van der Waals surface area contributed by atoms with Gasteiger partial charge in [-0.3, -0.25) is 4.79 Å². The fraction of sp³-hybridized carbons (Fsp3) is 0.900. The van der Waals surface area contributed by atoms with Gasteiger partial charge in [-0.1, -0.05) is 13.3 Å². The van der Waals surface area contributed by atoms with E-state index in [4.69, 9.17) is 5.11 Å². The molecule has 1 aliphatic rings. The first kappa shape index (κ1) is 14.4. The summed E-state index contributed by atoms with van der Waals surface area (Å²) in [7, 11) is -1.93. The van der Waals surface area contributed by atoms with Crippen molar-refractivity contribution in [2.45, 2.75) is 26.2 Å². The predicted octanol–water partition coefficient (Wildman–Crippen LogP) is 0.370. The molecule has 0 aromatic rings. The second-order valence-corrected chi connectivity index (χ2v) is 6.40. The van der Waals surface area contributed by atoms with E-state index in [1.54, 1.807) is 7.05 Å². The zero-order chi connectivity index (χ0) is 13.1. The summed E-state index contributed by atoms with van der Waals surface area (Å²) in [4.78, 5) is 10.8. The van der Waals surface area contributed by atoms with Gasteiger partial charge in [-0.05, 0) is 12.8 Å². The molecule has 1 fully saturated rings. The minimum absolute atomic E-state index is 0.0914. The minimum Gasteiger partial charge on any atom is -0.481 e. The molecule has 1 heterocycles. The van der Waals surface area contributed by atoms with Crippen LogP contribution in [0.3, 0.4) is 0 Å². The lowest BCUT2D eigenvalue weighted by atomic mass is 10.1. The third kappa shape index (κ3) is 3.40. The van der Waals surface area contributed by atoms with Crippen LogP contribution in [-0.2, 0) is 15.0 Å². The fourth-order valence-electron chi connectivity index (χ4n) is 1.83. The smallest absolute Gasteiger partial charge is 0.307 e. The van der Waals surface area contributed by atoms with Gasteiger partial charge in [0.2, 0.25) is 0 Å². The molecule has 1 atom stereocenters. The average molecular weight is 264 g/mol. The van der Waals surface area contributed by atoms with Gasteiger partial charge in [-0.2, -0.15) is 17.0 Å². The van der Waals surface area contributed by atoms with E-state index in [0.717, 1.165) is 12.8 Å². The lowest BCUT2D eigenvalue weighted by Gasteiger charge is -2.23. The summed E-state index contributed by atoms with van der Waals surface area (Å²) in [6.45, 7) is 2.87. The third-order valence-electron chi connectivity index (χ3n) is 3.05. The highest BCUT2D eigenvalue weighted by atomic mass is 32.2. The van der Waals surface area contributed by atoms with E-state index in [1.807, 2.05) is 6.92 Å². The molecule has 0 bridgehead atoms. The van der Waals surface area contributed by atoms with Gasteiger partial charge in [0, 0.05) is 26.7 Å². The van der Waals surface area contributed by atoms with Crippen molar-refractivity contribution in [3.8, 4) is 0 Å². The second kappa shape index (κ2) is 5.79. The molecule has 0 radical (unpaired) electrons. The van der Waals surface area contributed by atoms with Crippen molar-refractivity contribution in [3.05, 3.63) is 0 Å². The maximum Gasteiger partial charge on any atom is 0.307 e. The molecule has 7 heteroatoms. The fourth-order valence-corrected chi connectivity index (χ4v) is 3.29. The van der Waals surface area contributed by atoms with Crippen LogP contribution in [0.25, 0.3) is 0 Å². The van der Waals surface area contributed by atoms with Crippen LogP contribution in [0.15, 0.2) is 0 Å². The Bertz CT molecular complexity index is 369. The zero-order valence-corrected chi connectivity index (χ0v) is 11.1. The molecule has 0 spiro atoms. The van der Waals surface area contributed by atoms with E-state index >= 15 is 0 Å². The summed E-state index contributed by atoms with van der Waals surface area (Å²) in [5.41, 5.74) is 0. The Morgan fingerprint density at radius 2 is 2.18 bits per heavy atom. The van der Waals surface area contributed by atoms with Gasteiger partial charge in [0.15, 0.2) is 0 Å². The van der Waals surface area contributed by atoms with Crippen molar-refractivity contribution in [3.63, 3.8) is 0 Å². The highest BCUT2D eigenvalue weighted by Crippen LogP contribution is 2.21. The van der Waals surface area contributed by atoms with Crippen molar-refractivity contribution in [1.82, 2.24) is 8.61 Å². The van der Waals surface area contributed by atoms with Gasteiger partial charge in [0.05, 0.1) is 5.92 Å². The molecular weight excluding hydrogens is 244 g/mol.